The van der Waals surface area contributed by atoms with E-state index >= 15 is 0 Å². The van der Waals surface area contributed by atoms with Crippen LogP contribution in [0.25, 0.3) is 0 Å². The number of rotatable bonds is 0. The largest absolute Gasteiger partial charge is 0.389 e. The Balaban J connectivity index is 2.11. The monoisotopic (exact) mass is 144 g/mol. The maximum atomic E-state index is 12.4. The summed E-state index contributed by atoms with van der Waals surface area (Å²) in [7, 11) is 0. The minimum absolute atomic E-state index is 0.0208. The summed E-state index contributed by atoms with van der Waals surface area (Å²) in [6.45, 7) is 5.89. The van der Waals surface area contributed by atoms with E-state index < -0.39 is 11.8 Å². The minimum atomic E-state index is -0.691. The number of aliphatic hydroxyl groups is 1. The number of hydrogen-bond donors (Lipinski definition) is 1. The van der Waals surface area contributed by atoms with Gasteiger partial charge in [-0.2, -0.15) is 0 Å². The van der Waals surface area contributed by atoms with Crippen molar-refractivity contribution in [3.8, 4) is 0 Å². The zero-order valence-corrected chi connectivity index (χ0v) is 6.56. The molecule has 0 aromatic rings. The second-order valence-corrected chi connectivity index (χ2v) is 4.57. The van der Waals surface area contributed by atoms with Gasteiger partial charge in [-0.1, -0.05) is 20.8 Å². The smallest absolute Gasteiger partial charge is 0.112 e. The normalized spacial score (nSPS) is 57.9. The van der Waals surface area contributed by atoms with Crippen molar-refractivity contribution in [2.24, 2.45) is 17.3 Å². The van der Waals surface area contributed by atoms with E-state index in [9.17, 15) is 9.50 Å². The fourth-order valence-corrected chi connectivity index (χ4v) is 2.07. The molecule has 1 nitrogen and oxygen atoms in total. The summed E-state index contributed by atoms with van der Waals surface area (Å²) in [6.07, 6.45) is -0.691. The molecule has 58 valence electrons. The van der Waals surface area contributed by atoms with Crippen LogP contribution in [0.5, 0.6) is 0 Å². The molecule has 2 saturated carbocycles. The second-order valence-electron chi connectivity index (χ2n) is 4.57. The Kier molecular flexibility index (Phi) is 0.836. The van der Waals surface area contributed by atoms with Crippen molar-refractivity contribution in [3.63, 3.8) is 0 Å². The van der Waals surface area contributed by atoms with Crippen LogP contribution < -0.4 is 0 Å². The number of halogens is 1. The molecule has 10 heavy (non-hydrogen) atoms. The Hall–Kier alpha value is -0.110. The van der Waals surface area contributed by atoms with Gasteiger partial charge in [0.15, 0.2) is 0 Å². The summed E-state index contributed by atoms with van der Waals surface area (Å²) in [5.41, 5.74) is -0.794. The fraction of sp³-hybridized carbons (Fsp3) is 1.00. The Bertz CT molecular complexity index is 172. The quantitative estimate of drug-likeness (QED) is 0.544. The summed E-state index contributed by atoms with van der Waals surface area (Å²) in [4.78, 5) is 0. The van der Waals surface area contributed by atoms with E-state index in [1.54, 1.807) is 0 Å². The van der Waals surface area contributed by atoms with Crippen molar-refractivity contribution in [3.05, 3.63) is 0 Å². The van der Waals surface area contributed by atoms with E-state index in [0.29, 0.717) is 0 Å². The molecule has 2 aliphatic carbocycles. The SMILES string of the molecule is CC(C)(C)C1(O)C2C(F)C21. The predicted molar refractivity (Wildman–Crippen MR) is 36.3 cm³/mol. The highest BCUT2D eigenvalue weighted by molar-refractivity contribution is 5.35. The Morgan fingerprint density at radius 3 is 1.80 bits per heavy atom. The molecule has 2 atom stereocenters. The third kappa shape index (κ3) is 0.449. The van der Waals surface area contributed by atoms with Gasteiger partial charge in [-0.25, -0.2) is 4.39 Å². The first-order valence-electron chi connectivity index (χ1n) is 3.77. The standard InChI is InChI=1S/C8H13FO/c1-7(2,3)8(10)4-5(8)6(4)9/h4-6,10H,1-3H3. The summed E-state index contributed by atoms with van der Waals surface area (Å²) < 4.78 is 12.4. The van der Waals surface area contributed by atoms with E-state index in [2.05, 4.69) is 0 Å². The zero-order valence-electron chi connectivity index (χ0n) is 6.56. The maximum Gasteiger partial charge on any atom is 0.112 e. The van der Waals surface area contributed by atoms with Gasteiger partial charge in [0.25, 0.3) is 0 Å². The van der Waals surface area contributed by atoms with Crippen LogP contribution in [0.1, 0.15) is 20.8 Å². The van der Waals surface area contributed by atoms with E-state index in [0.717, 1.165) is 0 Å². The second kappa shape index (κ2) is 1.27. The van der Waals surface area contributed by atoms with Crippen LogP contribution in [0, 0.1) is 17.3 Å². The van der Waals surface area contributed by atoms with Gasteiger partial charge < -0.3 is 5.11 Å². The molecule has 0 spiro atoms. The van der Waals surface area contributed by atoms with Crippen molar-refractivity contribution < 1.29 is 9.50 Å². The Morgan fingerprint density at radius 1 is 1.30 bits per heavy atom. The van der Waals surface area contributed by atoms with Gasteiger partial charge in [0.2, 0.25) is 0 Å². The average Bonchev–Trinajstić information content (AvgIpc) is 2.54. The molecule has 0 amide bonds. The predicted octanol–water partition coefficient (Wildman–Crippen LogP) is 1.36. The first-order valence-corrected chi connectivity index (χ1v) is 3.77. The summed E-state index contributed by atoms with van der Waals surface area (Å²) in [5.74, 6) is -0.0417. The molecule has 0 bridgehead atoms. The average molecular weight is 144 g/mol. The third-order valence-corrected chi connectivity index (χ3v) is 3.04. The van der Waals surface area contributed by atoms with Gasteiger partial charge in [0.1, 0.15) is 6.17 Å². The highest BCUT2D eigenvalue weighted by Crippen LogP contribution is 2.77. The number of alkyl halides is 1. The van der Waals surface area contributed by atoms with Crippen LogP contribution in [0.15, 0.2) is 0 Å². The molecule has 0 radical (unpaired) electrons. The van der Waals surface area contributed by atoms with E-state index in [1.807, 2.05) is 20.8 Å². The van der Waals surface area contributed by atoms with Crippen LogP contribution in [0.2, 0.25) is 0 Å². The molecule has 0 saturated heterocycles. The molecular formula is C8H13FO. The third-order valence-electron chi connectivity index (χ3n) is 3.04. The van der Waals surface area contributed by atoms with Gasteiger partial charge in [0, 0.05) is 11.8 Å². The van der Waals surface area contributed by atoms with Gasteiger partial charge in [-0.3, -0.25) is 0 Å². The van der Waals surface area contributed by atoms with Gasteiger partial charge in [-0.05, 0) is 5.41 Å². The highest BCUT2D eigenvalue weighted by atomic mass is 19.1. The van der Waals surface area contributed by atoms with E-state index in [4.69, 9.17) is 0 Å². The topological polar surface area (TPSA) is 20.2 Å². The molecule has 0 aliphatic heterocycles. The fourth-order valence-electron chi connectivity index (χ4n) is 2.07. The number of hydrogen-bond acceptors (Lipinski definition) is 1. The molecule has 1 N–H and O–H groups in total. The molecule has 2 heteroatoms. The molecule has 2 rings (SSSR count). The van der Waals surface area contributed by atoms with Crippen molar-refractivity contribution in [2.75, 3.05) is 0 Å². The van der Waals surface area contributed by atoms with E-state index in [-0.39, 0.29) is 17.3 Å². The highest BCUT2D eigenvalue weighted by Gasteiger charge is 2.88. The van der Waals surface area contributed by atoms with Gasteiger partial charge >= 0.3 is 0 Å². The molecule has 2 aliphatic rings. The van der Waals surface area contributed by atoms with Crippen LogP contribution >= 0.6 is 0 Å². The molecule has 0 aromatic heterocycles. The molecule has 2 unspecified atom stereocenters. The summed E-state index contributed by atoms with van der Waals surface area (Å²) in [6, 6.07) is 0. The van der Waals surface area contributed by atoms with Crippen molar-refractivity contribution >= 4 is 0 Å². The Labute approximate surface area is 60.2 Å². The van der Waals surface area contributed by atoms with Crippen LogP contribution in [0.4, 0.5) is 4.39 Å². The lowest BCUT2D eigenvalue weighted by atomic mass is 9.80. The van der Waals surface area contributed by atoms with Crippen molar-refractivity contribution in [1.82, 2.24) is 0 Å². The zero-order chi connectivity index (χ0) is 7.73. The summed E-state index contributed by atoms with van der Waals surface area (Å²) in [5, 5.41) is 9.71. The van der Waals surface area contributed by atoms with Crippen LogP contribution in [-0.4, -0.2) is 16.9 Å². The molecule has 0 aromatic carbocycles. The Morgan fingerprint density at radius 2 is 1.70 bits per heavy atom. The lowest BCUT2D eigenvalue weighted by molar-refractivity contribution is -0.0354. The van der Waals surface area contributed by atoms with Gasteiger partial charge in [0.05, 0.1) is 5.60 Å². The first kappa shape index (κ1) is 6.59. The molecule has 2 fully saturated rings. The minimum Gasteiger partial charge on any atom is -0.389 e. The van der Waals surface area contributed by atoms with E-state index in [1.165, 1.54) is 0 Å². The number of fused-ring (bicyclic) bond motifs is 1. The van der Waals surface area contributed by atoms with Crippen molar-refractivity contribution in [2.45, 2.75) is 32.5 Å². The first-order chi connectivity index (χ1) is 4.40. The van der Waals surface area contributed by atoms with Crippen molar-refractivity contribution in [1.29, 1.82) is 0 Å². The maximum absolute atomic E-state index is 12.4. The molecule has 0 heterocycles. The molecular weight excluding hydrogens is 131 g/mol. The van der Waals surface area contributed by atoms with Gasteiger partial charge in [-0.15, -0.1) is 0 Å². The lowest BCUT2D eigenvalue weighted by Crippen LogP contribution is -2.39. The van der Waals surface area contributed by atoms with Crippen LogP contribution in [-0.2, 0) is 0 Å². The summed E-state index contributed by atoms with van der Waals surface area (Å²) >= 11 is 0. The van der Waals surface area contributed by atoms with Crippen LogP contribution in [0.3, 0.4) is 0 Å². The lowest BCUT2D eigenvalue weighted by Gasteiger charge is -2.32.